The Morgan fingerprint density at radius 3 is 2.46 bits per heavy atom. The number of amides is 2. The summed E-state index contributed by atoms with van der Waals surface area (Å²) in [5.41, 5.74) is 0.744. The highest BCUT2D eigenvalue weighted by Crippen LogP contribution is 2.19. The standard InChI is InChI=1S/C20H24F3N3O2/c1-13(12-28-19-8-7-16(22)10-17(19)23)25-20(27)24-11-18(26(2)3)14-5-4-6-15(21)9-14/h4-10,13,18H,11-12H2,1-3H3,(H2,24,25,27). The maximum atomic E-state index is 13.5. The molecule has 0 aliphatic rings. The van der Waals surface area contributed by atoms with Gasteiger partial charge in [-0.3, -0.25) is 0 Å². The van der Waals surface area contributed by atoms with Crippen molar-refractivity contribution in [3.63, 3.8) is 0 Å². The number of urea groups is 1. The maximum Gasteiger partial charge on any atom is 0.315 e. The predicted octanol–water partition coefficient (Wildman–Crippen LogP) is 3.47. The summed E-state index contributed by atoms with van der Waals surface area (Å²) in [7, 11) is 3.67. The zero-order valence-electron chi connectivity index (χ0n) is 16.0. The highest BCUT2D eigenvalue weighted by atomic mass is 19.1. The van der Waals surface area contributed by atoms with E-state index in [1.807, 2.05) is 19.0 Å². The molecular weight excluding hydrogens is 371 g/mol. The lowest BCUT2D eigenvalue weighted by Crippen LogP contribution is -2.45. The third kappa shape index (κ3) is 6.45. The average Bonchev–Trinajstić information content (AvgIpc) is 2.61. The van der Waals surface area contributed by atoms with Crippen molar-refractivity contribution in [1.29, 1.82) is 0 Å². The van der Waals surface area contributed by atoms with E-state index in [4.69, 9.17) is 4.74 Å². The van der Waals surface area contributed by atoms with Crippen LogP contribution in [0.1, 0.15) is 18.5 Å². The largest absolute Gasteiger partial charge is 0.488 e. The Bertz CT molecular complexity index is 802. The SMILES string of the molecule is CC(COc1ccc(F)cc1F)NC(=O)NCC(c1cccc(F)c1)N(C)C. The molecule has 8 heteroatoms. The number of rotatable bonds is 8. The van der Waals surface area contributed by atoms with Gasteiger partial charge in [0.25, 0.3) is 0 Å². The second kappa shape index (κ2) is 9.98. The summed E-state index contributed by atoms with van der Waals surface area (Å²) < 4.78 is 45.2. The lowest BCUT2D eigenvalue weighted by Gasteiger charge is -2.25. The van der Waals surface area contributed by atoms with Crippen molar-refractivity contribution in [3.8, 4) is 5.75 Å². The number of nitrogens with one attached hydrogen (secondary N) is 2. The smallest absolute Gasteiger partial charge is 0.315 e. The summed E-state index contributed by atoms with van der Waals surface area (Å²) in [5, 5.41) is 5.41. The number of halogens is 3. The van der Waals surface area contributed by atoms with Crippen molar-refractivity contribution in [2.45, 2.75) is 19.0 Å². The molecule has 2 aromatic rings. The minimum absolute atomic E-state index is 0.0109. The molecule has 2 unspecified atom stereocenters. The van der Waals surface area contributed by atoms with E-state index >= 15 is 0 Å². The Morgan fingerprint density at radius 2 is 1.82 bits per heavy atom. The van der Waals surface area contributed by atoms with Crippen LogP contribution in [0, 0.1) is 17.5 Å². The fraction of sp³-hybridized carbons (Fsp3) is 0.350. The molecule has 5 nitrogen and oxygen atoms in total. The molecule has 0 saturated carbocycles. The summed E-state index contributed by atoms with van der Waals surface area (Å²) in [4.78, 5) is 14.0. The van der Waals surface area contributed by atoms with Gasteiger partial charge in [-0.2, -0.15) is 0 Å². The molecule has 0 radical (unpaired) electrons. The molecule has 0 fully saturated rings. The number of ether oxygens (including phenoxy) is 1. The van der Waals surface area contributed by atoms with E-state index < -0.39 is 23.7 Å². The van der Waals surface area contributed by atoms with Gasteiger partial charge in [0.05, 0.1) is 12.1 Å². The molecule has 2 rings (SSSR count). The number of carbonyl (C=O) groups excluding carboxylic acids is 1. The van der Waals surface area contributed by atoms with Gasteiger partial charge in [0, 0.05) is 12.6 Å². The molecule has 0 aliphatic heterocycles. The second-order valence-electron chi connectivity index (χ2n) is 6.68. The Balaban J connectivity index is 1.83. The van der Waals surface area contributed by atoms with E-state index in [0.717, 1.165) is 17.7 Å². The monoisotopic (exact) mass is 395 g/mol. The lowest BCUT2D eigenvalue weighted by molar-refractivity contribution is 0.218. The minimum Gasteiger partial charge on any atom is -0.488 e. The fourth-order valence-corrected chi connectivity index (χ4v) is 2.63. The minimum atomic E-state index is -0.805. The van der Waals surface area contributed by atoms with Crippen LogP contribution in [0.25, 0.3) is 0 Å². The summed E-state index contributed by atoms with van der Waals surface area (Å²) in [5.74, 6) is -1.92. The quantitative estimate of drug-likeness (QED) is 0.720. The topological polar surface area (TPSA) is 53.6 Å². The van der Waals surface area contributed by atoms with Gasteiger partial charge >= 0.3 is 6.03 Å². The van der Waals surface area contributed by atoms with Gasteiger partial charge in [-0.1, -0.05) is 12.1 Å². The molecule has 0 aromatic heterocycles. The molecule has 0 heterocycles. The third-order valence-electron chi connectivity index (χ3n) is 4.07. The van der Waals surface area contributed by atoms with Crippen LogP contribution in [0.3, 0.4) is 0 Å². The second-order valence-corrected chi connectivity index (χ2v) is 6.68. The third-order valence-corrected chi connectivity index (χ3v) is 4.07. The molecule has 2 N–H and O–H groups in total. The van der Waals surface area contributed by atoms with Crippen LogP contribution in [0.4, 0.5) is 18.0 Å². The van der Waals surface area contributed by atoms with Crippen LogP contribution < -0.4 is 15.4 Å². The van der Waals surface area contributed by atoms with Crippen LogP contribution >= 0.6 is 0 Å². The van der Waals surface area contributed by atoms with Gasteiger partial charge in [0.2, 0.25) is 0 Å². The van der Waals surface area contributed by atoms with Crippen LogP contribution in [-0.2, 0) is 0 Å². The zero-order valence-corrected chi connectivity index (χ0v) is 16.0. The number of hydrogen-bond donors (Lipinski definition) is 2. The predicted molar refractivity (Wildman–Crippen MR) is 101 cm³/mol. The molecule has 0 aliphatic carbocycles. The van der Waals surface area contributed by atoms with Crippen LogP contribution in [0.2, 0.25) is 0 Å². The number of hydrogen-bond acceptors (Lipinski definition) is 3. The Morgan fingerprint density at radius 1 is 1.11 bits per heavy atom. The van der Waals surface area contributed by atoms with Crippen LogP contribution in [0.5, 0.6) is 5.75 Å². The molecule has 2 aromatic carbocycles. The van der Waals surface area contributed by atoms with Crippen molar-refractivity contribution in [3.05, 3.63) is 65.5 Å². The average molecular weight is 395 g/mol. The van der Waals surface area contributed by atoms with Crippen molar-refractivity contribution in [1.82, 2.24) is 15.5 Å². The number of carbonyl (C=O) groups is 1. The Hall–Kier alpha value is -2.74. The Kier molecular flexibility index (Phi) is 7.69. The first-order valence-corrected chi connectivity index (χ1v) is 8.80. The van der Waals surface area contributed by atoms with Gasteiger partial charge in [0.1, 0.15) is 18.2 Å². The molecular formula is C20H24F3N3O2. The van der Waals surface area contributed by atoms with Crippen LogP contribution in [0.15, 0.2) is 42.5 Å². The normalized spacial score (nSPS) is 13.1. The summed E-state index contributed by atoms with van der Waals surface area (Å²) in [6, 6.07) is 8.16. The summed E-state index contributed by atoms with van der Waals surface area (Å²) in [6.45, 7) is 1.97. The fourth-order valence-electron chi connectivity index (χ4n) is 2.63. The van der Waals surface area contributed by atoms with E-state index in [1.165, 1.54) is 18.2 Å². The zero-order chi connectivity index (χ0) is 20.7. The van der Waals surface area contributed by atoms with Crippen molar-refractivity contribution in [2.75, 3.05) is 27.2 Å². The summed E-state index contributed by atoms with van der Waals surface area (Å²) in [6.07, 6.45) is 0. The first-order valence-electron chi connectivity index (χ1n) is 8.80. The molecule has 0 bridgehead atoms. The molecule has 2 atom stereocenters. The van der Waals surface area contributed by atoms with E-state index in [-0.39, 0.29) is 30.8 Å². The van der Waals surface area contributed by atoms with Gasteiger partial charge < -0.3 is 20.3 Å². The van der Waals surface area contributed by atoms with E-state index in [1.54, 1.807) is 19.1 Å². The van der Waals surface area contributed by atoms with E-state index in [2.05, 4.69) is 10.6 Å². The van der Waals surface area contributed by atoms with Gasteiger partial charge in [0.15, 0.2) is 11.6 Å². The van der Waals surface area contributed by atoms with Crippen molar-refractivity contribution < 1.29 is 22.7 Å². The number of nitrogens with zero attached hydrogens (tertiary/aromatic N) is 1. The van der Waals surface area contributed by atoms with Gasteiger partial charge in [-0.15, -0.1) is 0 Å². The number of benzene rings is 2. The van der Waals surface area contributed by atoms with Gasteiger partial charge in [-0.25, -0.2) is 18.0 Å². The number of likely N-dealkylation sites (N-methyl/N-ethyl adjacent to an activating group) is 1. The maximum absolute atomic E-state index is 13.5. The molecule has 2 amide bonds. The van der Waals surface area contributed by atoms with Crippen molar-refractivity contribution in [2.24, 2.45) is 0 Å². The molecule has 0 spiro atoms. The van der Waals surface area contributed by atoms with E-state index in [0.29, 0.717) is 0 Å². The summed E-state index contributed by atoms with van der Waals surface area (Å²) >= 11 is 0. The highest BCUT2D eigenvalue weighted by molar-refractivity contribution is 5.74. The highest BCUT2D eigenvalue weighted by Gasteiger charge is 2.17. The van der Waals surface area contributed by atoms with E-state index in [9.17, 15) is 18.0 Å². The first-order chi connectivity index (χ1) is 13.3. The Labute approximate surface area is 162 Å². The first kappa shape index (κ1) is 21.6. The molecule has 28 heavy (non-hydrogen) atoms. The van der Waals surface area contributed by atoms with Gasteiger partial charge in [-0.05, 0) is 50.8 Å². The molecule has 152 valence electrons. The van der Waals surface area contributed by atoms with Crippen molar-refractivity contribution >= 4 is 6.03 Å². The van der Waals surface area contributed by atoms with Crippen LogP contribution in [-0.4, -0.2) is 44.2 Å². The lowest BCUT2D eigenvalue weighted by atomic mass is 10.1. The molecule has 0 saturated heterocycles.